The van der Waals surface area contributed by atoms with Gasteiger partial charge in [0.15, 0.2) is 6.10 Å². The van der Waals surface area contributed by atoms with Crippen LogP contribution < -0.4 is 4.74 Å². The molecule has 1 atom stereocenters. The summed E-state index contributed by atoms with van der Waals surface area (Å²) in [6, 6.07) is 3.03. The molecule has 0 spiro atoms. The van der Waals surface area contributed by atoms with Crippen LogP contribution in [0, 0.1) is 0 Å². The second-order valence-electron chi connectivity index (χ2n) is 2.96. The molecular weight excluding hydrogens is 227 g/mol. The minimum Gasteiger partial charge on any atom is -0.479 e. The van der Waals surface area contributed by atoms with E-state index in [9.17, 15) is 18.0 Å². The van der Waals surface area contributed by atoms with Gasteiger partial charge in [0.25, 0.3) is 0 Å². The smallest absolute Gasteiger partial charge is 0.433 e. The minimum atomic E-state index is -4.58. The summed E-state index contributed by atoms with van der Waals surface area (Å²) in [7, 11) is 0. The van der Waals surface area contributed by atoms with E-state index in [2.05, 4.69) is 4.98 Å². The molecule has 0 saturated heterocycles. The molecule has 88 valence electrons. The molecule has 0 aliphatic heterocycles. The zero-order chi connectivity index (χ0) is 12.3. The van der Waals surface area contributed by atoms with E-state index in [4.69, 9.17) is 9.84 Å². The van der Waals surface area contributed by atoms with Gasteiger partial charge in [0, 0.05) is 6.07 Å². The first-order valence-corrected chi connectivity index (χ1v) is 4.24. The normalized spacial score (nSPS) is 13.2. The van der Waals surface area contributed by atoms with Gasteiger partial charge >= 0.3 is 12.1 Å². The van der Waals surface area contributed by atoms with Crippen LogP contribution in [-0.4, -0.2) is 22.2 Å². The standard InChI is InChI=1S/C9H8F3NO3/c1-5(8(14)15)16-7-4-2-3-6(13-7)9(10,11)12/h2-5H,1H3,(H,14,15). The Labute approximate surface area is 88.7 Å². The third-order valence-corrected chi connectivity index (χ3v) is 1.66. The minimum absolute atomic E-state index is 0.371. The third-order valence-electron chi connectivity index (χ3n) is 1.66. The Morgan fingerprint density at radius 1 is 1.50 bits per heavy atom. The van der Waals surface area contributed by atoms with Crippen molar-refractivity contribution in [1.29, 1.82) is 0 Å². The number of hydrogen-bond donors (Lipinski definition) is 1. The van der Waals surface area contributed by atoms with Gasteiger partial charge in [0.2, 0.25) is 5.88 Å². The monoisotopic (exact) mass is 235 g/mol. The van der Waals surface area contributed by atoms with E-state index in [0.717, 1.165) is 18.2 Å². The van der Waals surface area contributed by atoms with Crippen molar-refractivity contribution < 1.29 is 27.8 Å². The lowest BCUT2D eigenvalue weighted by Gasteiger charge is -2.11. The zero-order valence-corrected chi connectivity index (χ0v) is 8.15. The fraction of sp³-hybridized carbons (Fsp3) is 0.333. The molecule has 0 aromatic carbocycles. The molecule has 1 rings (SSSR count). The van der Waals surface area contributed by atoms with E-state index in [1.165, 1.54) is 6.92 Å². The second-order valence-corrected chi connectivity index (χ2v) is 2.96. The molecule has 1 aromatic rings. The van der Waals surface area contributed by atoms with Gasteiger partial charge in [-0.3, -0.25) is 0 Å². The summed E-state index contributed by atoms with van der Waals surface area (Å²) in [4.78, 5) is 13.6. The average molecular weight is 235 g/mol. The summed E-state index contributed by atoms with van der Waals surface area (Å²) in [5, 5.41) is 8.50. The highest BCUT2D eigenvalue weighted by Gasteiger charge is 2.32. The van der Waals surface area contributed by atoms with Gasteiger partial charge in [-0.2, -0.15) is 13.2 Å². The van der Waals surface area contributed by atoms with Gasteiger partial charge in [0.1, 0.15) is 5.69 Å². The number of ether oxygens (including phenoxy) is 1. The molecule has 7 heteroatoms. The van der Waals surface area contributed by atoms with Gasteiger partial charge in [-0.1, -0.05) is 6.07 Å². The molecule has 1 N–H and O–H groups in total. The van der Waals surface area contributed by atoms with E-state index in [-0.39, 0.29) is 5.88 Å². The van der Waals surface area contributed by atoms with E-state index in [0.29, 0.717) is 0 Å². The number of halogens is 3. The molecule has 0 bridgehead atoms. The molecule has 0 fully saturated rings. The Morgan fingerprint density at radius 3 is 2.62 bits per heavy atom. The second kappa shape index (κ2) is 4.38. The van der Waals surface area contributed by atoms with Gasteiger partial charge in [-0.05, 0) is 13.0 Å². The molecule has 0 radical (unpaired) electrons. The molecular formula is C9H8F3NO3. The van der Waals surface area contributed by atoms with E-state index >= 15 is 0 Å². The Balaban J connectivity index is 2.87. The lowest BCUT2D eigenvalue weighted by Crippen LogP contribution is -2.23. The van der Waals surface area contributed by atoms with Crippen LogP contribution >= 0.6 is 0 Å². The van der Waals surface area contributed by atoms with Gasteiger partial charge in [-0.15, -0.1) is 0 Å². The van der Waals surface area contributed by atoms with Crippen LogP contribution in [0.2, 0.25) is 0 Å². The first kappa shape index (κ1) is 12.3. The van der Waals surface area contributed by atoms with Crippen molar-refractivity contribution in [2.45, 2.75) is 19.2 Å². The maximum absolute atomic E-state index is 12.2. The summed E-state index contributed by atoms with van der Waals surface area (Å²) < 4.78 is 41.4. The molecule has 16 heavy (non-hydrogen) atoms. The van der Waals surface area contributed by atoms with Crippen molar-refractivity contribution in [3.8, 4) is 5.88 Å². The highest BCUT2D eigenvalue weighted by atomic mass is 19.4. The van der Waals surface area contributed by atoms with Crippen molar-refractivity contribution in [1.82, 2.24) is 4.98 Å². The molecule has 0 saturated carbocycles. The molecule has 0 amide bonds. The van der Waals surface area contributed by atoms with Crippen LogP contribution in [0.1, 0.15) is 12.6 Å². The number of rotatable bonds is 3. The molecule has 0 aliphatic rings. The van der Waals surface area contributed by atoms with Crippen molar-refractivity contribution in [2.75, 3.05) is 0 Å². The number of carboxylic acids is 1. The largest absolute Gasteiger partial charge is 0.479 e. The number of aliphatic carboxylic acids is 1. The first-order valence-electron chi connectivity index (χ1n) is 4.24. The number of hydrogen-bond acceptors (Lipinski definition) is 3. The van der Waals surface area contributed by atoms with Crippen molar-refractivity contribution in [3.63, 3.8) is 0 Å². The van der Waals surface area contributed by atoms with Crippen LogP contribution in [0.3, 0.4) is 0 Å². The zero-order valence-electron chi connectivity index (χ0n) is 8.15. The fourth-order valence-electron chi connectivity index (χ4n) is 0.870. The Hall–Kier alpha value is -1.79. The first-order chi connectivity index (χ1) is 7.30. The quantitative estimate of drug-likeness (QED) is 0.869. The molecule has 1 heterocycles. The van der Waals surface area contributed by atoms with Crippen molar-refractivity contribution in [2.24, 2.45) is 0 Å². The van der Waals surface area contributed by atoms with Crippen molar-refractivity contribution in [3.05, 3.63) is 23.9 Å². The number of aromatic nitrogens is 1. The van der Waals surface area contributed by atoms with Crippen LogP contribution in [0.25, 0.3) is 0 Å². The van der Waals surface area contributed by atoms with Crippen LogP contribution in [0.15, 0.2) is 18.2 Å². The number of pyridine rings is 1. The van der Waals surface area contributed by atoms with E-state index in [1.807, 2.05) is 0 Å². The summed E-state index contributed by atoms with van der Waals surface area (Å²) in [6.45, 7) is 1.20. The summed E-state index contributed by atoms with van der Waals surface area (Å²) in [5.74, 6) is -1.65. The topological polar surface area (TPSA) is 59.4 Å². The lowest BCUT2D eigenvalue weighted by molar-refractivity contribution is -0.144. The van der Waals surface area contributed by atoms with E-state index < -0.39 is 23.9 Å². The third kappa shape index (κ3) is 3.11. The Morgan fingerprint density at radius 2 is 2.12 bits per heavy atom. The number of carboxylic acid groups (broad SMARTS) is 1. The van der Waals surface area contributed by atoms with E-state index in [1.54, 1.807) is 0 Å². The summed E-state index contributed by atoms with van der Waals surface area (Å²) in [6.07, 6.45) is -5.83. The maximum Gasteiger partial charge on any atom is 0.433 e. The van der Waals surface area contributed by atoms with Crippen molar-refractivity contribution >= 4 is 5.97 Å². The number of carbonyl (C=O) groups is 1. The lowest BCUT2D eigenvalue weighted by atomic mass is 10.3. The fourth-order valence-corrected chi connectivity index (χ4v) is 0.870. The van der Waals surface area contributed by atoms with Gasteiger partial charge in [-0.25, -0.2) is 9.78 Å². The number of alkyl halides is 3. The summed E-state index contributed by atoms with van der Waals surface area (Å²) >= 11 is 0. The van der Waals surface area contributed by atoms with Crippen LogP contribution in [0.4, 0.5) is 13.2 Å². The van der Waals surface area contributed by atoms with Crippen LogP contribution in [0.5, 0.6) is 5.88 Å². The predicted octanol–water partition coefficient (Wildman–Crippen LogP) is 1.95. The highest BCUT2D eigenvalue weighted by molar-refractivity contribution is 5.72. The van der Waals surface area contributed by atoms with Gasteiger partial charge in [0.05, 0.1) is 0 Å². The Bertz CT molecular complexity index is 392. The summed E-state index contributed by atoms with van der Waals surface area (Å²) in [5.41, 5.74) is -1.12. The maximum atomic E-state index is 12.2. The molecule has 1 aromatic heterocycles. The Kier molecular flexibility index (Phi) is 3.36. The molecule has 0 aliphatic carbocycles. The molecule has 4 nitrogen and oxygen atoms in total. The number of nitrogens with zero attached hydrogens (tertiary/aromatic N) is 1. The average Bonchev–Trinajstić information content (AvgIpc) is 2.16. The van der Waals surface area contributed by atoms with Gasteiger partial charge < -0.3 is 9.84 Å². The van der Waals surface area contributed by atoms with Crippen LogP contribution in [-0.2, 0) is 11.0 Å². The SMILES string of the molecule is CC(Oc1cccc(C(F)(F)F)n1)C(=O)O. The molecule has 1 unspecified atom stereocenters. The predicted molar refractivity (Wildman–Crippen MR) is 47.0 cm³/mol. The highest BCUT2D eigenvalue weighted by Crippen LogP contribution is 2.28.